The molecule has 0 aliphatic heterocycles. The van der Waals surface area contributed by atoms with Gasteiger partial charge in [-0.15, -0.1) is 0 Å². The topological polar surface area (TPSA) is 77.2 Å². The van der Waals surface area contributed by atoms with Crippen LogP contribution >= 0.6 is 15.9 Å². The molecule has 1 aromatic rings. The SMILES string of the molecule is Cn1c(C(=O)NC(C)(C)CCBr)ccc1[N+](=O)[O-]. The lowest BCUT2D eigenvalue weighted by atomic mass is 10.0. The zero-order valence-electron chi connectivity index (χ0n) is 10.6. The van der Waals surface area contributed by atoms with Crippen LogP contribution in [0.5, 0.6) is 0 Å². The highest BCUT2D eigenvalue weighted by Gasteiger charge is 2.25. The number of aromatic nitrogens is 1. The molecular formula is C11H16BrN3O3. The van der Waals surface area contributed by atoms with Crippen molar-refractivity contribution >= 4 is 27.7 Å². The highest BCUT2D eigenvalue weighted by molar-refractivity contribution is 9.09. The maximum absolute atomic E-state index is 12.0. The van der Waals surface area contributed by atoms with E-state index >= 15 is 0 Å². The Bertz CT molecular complexity index is 468. The zero-order chi connectivity index (χ0) is 13.9. The Morgan fingerprint density at radius 1 is 1.56 bits per heavy atom. The molecule has 1 N–H and O–H groups in total. The Morgan fingerprint density at radius 2 is 2.17 bits per heavy atom. The molecule has 0 spiro atoms. The van der Waals surface area contributed by atoms with Crippen LogP contribution < -0.4 is 5.32 Å². The van der Waals surface area contributed by atoms with Crippen LogP contribution in [0.1, 0.15) is 30.8 Å². The predicted molar refractivity (Wildman–Crippen MR) is 72.0 cm³/mol. The van der Waals surface area contributed by atoms with Gasteiger partial charge in [0.25, 0.3) is 5.91 Å². The molecule has 7 heteroatoms. The third kappa shape index (κ3) is 3.32. The van der Waals surface area contributed by atoms with E-state index in [1.807, 2.05) is 13.8 Å². The summed E-state index contributed by atoms with van der Waals surface area (Å²) in [4.78, 5) is 22.2. The summed E-state index contributed by atoms with van der Waals surface area (Å²) in [5.41, 5.74) is -0.0797. The molecule has 1 heterocycles. The Hall–Kier alpha value is -1.37. The number of carbonyl (C=O) groups excluding carboxylic acids is 1. The van der Waals surface area contributed by atoms with Crippen LogP contribution in [-0.2, 0) is 7.05 Å². The van der Waals surface area contributed by atoms with Crippen LogP contribution in [0.2, 0.25) is 0 Å². The van der Waals surface area contributed by atoms with Crippen molar-refractivity contribution in [1.29, 1.82) is 0 Å². The minimum Gasteiger partial charge on any atom is -0.358 e. The summed E-state index contributed by atoms with van der Waals surface area (Å²) < 4.78 is 1.28. The largest absolute Gasteiger partial charge is 0.358 e. The minimum atomic E-state index is -0.513. The summed E-state index contributed by atoms with van der Waals surface area (Å²) in [6.07, 6.45) is 0.769. The fourth-order valence-electron chi connectivity index (χ4n) is 1.58. The van der Waals surface area contributed by atoms with Gasteiger partial charge in [0.2, 0.25) is 0 Å². The van der Waals surface area contributed by atoms with E-state index in [0.717, 1.165) is 11.8 Å². The molecule has 0 unspecified atom stereocenters. The lowest BCUT2D eigenvalue weighted by molar-refractivity contribution is -0.391. The van der Waals surface area contributed by atoms with Gasteiger partial charge in [-0.25, -0.2) is 4.57 Å². The van der Waals surface area contributed by atoms with Crippen molar-refractivity contribution in [1.82, 2.24) is 9.88 Å². The molecule has 6 nitrogen and oxygen atoms in total. The van der Waals surface area contributed by atoms with Gasteiger partial charge in [-0.05, 0) is 31.3 Å². The Labute approximate surface area is 114 Å². The first-order chi connectivity index (χ1) is 8.28. The monoisotopic (exact) mass is 317 g/mol. The highest BCUT2D eigenvalue weighted by atomic mass is 79.9. The predicted octanol–water partition coefficient (Wildman–Crippen LogP) is 2.23. The molecule has 0 atom stereocenters. The summed E-state index contributed by atoms with van der Waals surface area (Å²) in [5.74, 6) is -0.407. The summed E-state index contributed by atoms with van der Waals surface area (Å²) >= 11 is 3.32. The van der Waals surface area contributed by atoms with Crippen molar-refractivity contribution in [2.24, 2.45) is 7.05 Å². The number of carbonyl (C=O) groups is 1. The maximum Gasteiger partial charge on any atom is 0.323 e. The van der Waals surface area contributed by atoms with Gasteiger partial charge in [-0.2, -0.15) is 0 Å². The van der Waals surface area contributed by atoms with Crippen molar-refractivity contribution < 1.29 is 9.72 Å². The van der Waals surface area contributed by atoms with E-state index in [0.29, 0.717) is 0 Å². The molecule has 0 saturated heterocycles. The van der Waals surface area contributed by atoms with Gasteiger partial charge in [0.15, 0.2) is 5.69 Å². The number of amides is 1. The van der Waals surface area contributed by atoms with Crippen molar-refractivity contribution in [3.05, 3.63) is 27.9 Å². The average Bonchev–Trinajstić information content (AvgIpc) is 2.58. The molecule has 0 aliphatic rings. The van der Waals surface area contributed by atoms with Gasteiger partial charge in [-0.1, -0.05) is 15.9 Å². The number of rotatable bonds is 5. The molecule has 100 valence electrons. The molecule has 0 aliphatic carbocycles. The average molecular weight is 318 g/mol. The Morgan fingerprint density at radius 3 is 2.61 bits per heavy atom. The molecular weight excluding hydrogens is 302 g/mol. The van der Waals surface area contributed by atoms with Gasteiger partial charge in [0.05, 0.1) is 7.05 Å². The third-order valence-corrected chi connectivity index (χ3v) is 3.08. The van der Waals surface area contributed by atoms with E-state index in [4.69, 9.17) is 0 Å². The normalized spacial score (nSPS) is 11.3. The molecule has 0 bridgehead atoms. The van der Waals surface area contributed by atoms with Gasteiger partial charge >= 0.3 is 5.82 Å². The number of alkyl halides is 1. The molecule has 0 fully saturated rings. The first-order valence-corrected chi connectivity index (χ1v) is 6.59. The van der Waals surface area contributed by atoms with Gasteiger partial charge in [-0.3, -0.25) is 4.79 Å². The van der Waals surface area contributed by atoms with Crippen molar-refractivity contribution in [2.75, 3.05) is 5.33 Å². The van der Waals surface area contributed by atoms with Crippen LogP contribution in [-0.4, -0.2) is 26.3 Å². The van der Waals surface area contributed by atoms with E-state index in [-0.39, 0.29) is 23.0 Å². The van der Waals surface area contributed by atoms with Crippen molar-refractivity contribution in [3.63, 3.8) is 0 Å². The van der Waals surface area contributed by atoms with Crippen LogP contribution in [0, 0.1) is 10.1 Å². The van der Waals surface area contributed by atoms with Crippen LogP contribution in [0.25, 0.3) is 0 Å². The second-order valence-electron chi connectivity index (χ2n) is 4.67. The second kappa shape index (κ2) is 5.51. The van der Waals surface area contributed by atoms with E-state index in [1.165, 1.54) is 23.7 Å². The standard InChI is InChI=1S/C11H16BrN3O3/c1-11(2,6-7-12)13-10(16)8-4-5-9(14(8)3)15(17)18/h4-5H,6-7H2,1-3H3,(H,13,16). The minimum absolute atomic E-state index is 0.0987. The summed E-state index contributed by atoms with van der Waals surface area (Å²) in [7, 11) is 1.50. The van der Waals surface area contributed by atoms with Gasteiger partial charge in [0, 0.05) is 16.9 Å². The Kier molecular flexibility index (Phi) is 4.50. The summed E-state index contributed by atoms with van der Waals surface area (Å²) in [6.45, 7) is 3.81. The number of nitrogens with one attached hydrogen (secondary N) is 1. The molecule has 0 radical (unpaired) electrons. The molecule has 0 aromatic carbocycles. The molecule has 1 rings (SSSR count). The van der Waals surface area contributed by atoms with Crippen molar-refractivity contribution in [3.8, 4) is 0 Å². The third-order valence-electron chi connectivity index (χ3n) is 2.69. The van der Waals surface area contributed by atoms with E-state index < -0.39 is 4.92 Å². The zero-order valence-corrected chi connectivity index (χ0v) is 12.2. The van der Waals surface area contributed by atoms with E-state index in [1.54, 1.807) is 0 Å². The van der Waals surface area contributed by atoms with Gasteiger partial charge < -0.3 is 15.4 Å². The quantitative estimate of drug-likeness (QED) is 0.514. The maximum atomic E-state index is 12.0. The second-order valence-corrected chi connectivity index (χ2v) is 5.46. The first-order valence-electron chi connectivity index (χ1n) is 5.47. The number of hydrogen-bond acceptors (Lipinski definition) is 3. The first kappa shape index (κ1) is 14.7. The number of nitro groups is 1. The smallest absolute Gasteiger partial charge is 0.323 e. The van der Waals surface area contributed by atoms with Crippen LogP contribution in [0.15, 0.2) is 12.1 Å². The summed E-state index contributed by atoms with van der Waals surface area (Å²) in [5, 5.41) is 14.3. The van der Waals surface area contributed by atoms with E-state index in [2.05, 4.69) is 21.2 Å². The summed E-state index contributed by atoms with van der Waals surface area (Å²) in [6, 6.07) is 2.78. The highest BCUT2D eigenvalue weighted by Crippen LogP contribution is 2.17. The molecule has 1 aromatic heterocycles. The van der Waals surface area contributed by atoms with Gasteiger partial charge in [0.1, 0.15) is 0 Å². The Balaban J connectivity index is 2.89. The fourth-order valence-corrected chi connectivity index (χ4v) is 2.57. The number of halogens is 1. The van der Waals surface area contributed by atoms with Crippen LogP contribution in [0.3, 0.4) is 0 Å². The molecule has 18 heavy (non-hydrogen) atoms. The lowest BCUT2D eigenvalue weighted by Crippen LogP contribution is -2.44. The van der Waals surface area contributed by atoms with Crippen molar-refractivity contribution in [2.45, 2.75) is 25.8 Å². The number of hydrogen-bond donors (Lipinski definition) is 1. The number of nitrogens with zero attached hydrogens (tertiary/aromatic N) is 2. The van der Waals surface area contributed by atoms with E-state index in [9.17, 15) is 14.9 Å². The molecule has 1 amide bonds. The molecule has 0 saturated carbocycles. The lowest BCUT2D eigenvalue weighted by Gasteiger charge is -2.24. The van der Waals surface area contributed by atoms with Crippen LogP contribution in [0.4, 0.5) is 5.82 Å². The fraction of sp³-hybridized carbons (Fsp3) is 0.545.